The summed E-state index contributed by atoms with van der Waals surface area (Å²) < 4.78 is 11.3. The van der Waals surface area contributed by atoms with Crippen LogP contribution in [0.2, 0.25) is 0 Å². The summed E-state index contributed by atoms with van der Waals surface area (Å²) in [6, 6.07) is 0. The van der Waals surface area contributed by atoms with Crippen molar-refractivity contribution in [2.45, 2.75) is 6.10 Å². The molecule has 0 aromatic rings. The van der Waals surface area contributed by atoms with Crippen LogP contribution in [0.3, 0.4) is 0 Å². The summed E-state index contributed by atoms with van der Waals surface area (Å²) >= 11 is 0. The molecule has 0 aliphatic carbocycles. The molecule has 0 N–H and O–H groups in total. The van der Waals surface area contributed by atoms with Crippen molar-refractivity contribution in [1.29, 1.82) is 0 Å². The average Bonchev–Trinajstić information content (AvgIpc) is 2.12. The minimum atomic E-state index is 0.306. The summed E-state index contributed by atoms with van der Waals surface area (Å²) in [7, 11) is 6.46. The Morgan fingerprint density at radius 3 is 2.50 bits per heavy atom. The monoisotopic (exact) mass is 146 g/mol. The first-order valence-corrected chi connectivity index (χ1v) is 3.58. The fraction of sp³-hybridized carbons (Fsp3) is 1.00. The maximum absolute atomic E-state index is 5.29. The predicted octanol–water partition coefficient (Wildman–Crippen LogP) is 0.0655. The summed E-state index contributed by atoms with van der Waals surface area (Å²) in [5.74, 6) is 0. The summed E-state index contributed by atoms with van der Waals surface area (Å²) in [6.45, 7) is 2.26. The van der Waals surface area contributed by atoms with Crippen LogP contribution in [-0.4, -0.2) is 51.7 Å². The van der Waals surface area contributed by atoms with Gasteiger partial charge in [0.25, 0.3) is 0 Å². The molecule has 3 heteroatoms. The fourth-order valence-electron chi connectivity index (χ4n) is 1.09. The zero-order valence-electron chi connectivity index (χ0n) is 6.96. The largest absolute Gasteiger partial charge is 0.352 e. The molecule has 1 aliphatic heterocycles. The Labute approximate surface area is 62.1 Å². The lowest BCUT2D eigenvalue weighted by atomic mass is 10.3. The Morgan fingerprint density at radius 1 is 1.40 bits per heavy atom. The Morgan fingerprint density at radius 2 is 2.10 bits per heavy atom. The van der Waals surface area contributed by atoms with E-state index >= 15 is 0 Å². The van der Waals surface area contributed by atoms with E-state index in [1.807, 2.05) is 0 Å². The first-order valence-electron chi connectivity index (χ1n) is 3.58. The lowest BCUT2D eigenvalue weighted by Crippen LogP contribution is -2.42. The van der Waals surface area contributed by atoms with Crippen LogP contribution in [0.25, 0.3) is 0 Å². The summed E-state index contributed by atoms with van der Waals surface area (Å²) in [6.07, 6.45) is 0.306. The van der Waals surface area contributed by atoms with E-state index in [1.165, 1.54) is 0 Å². The van der Waals surface area contributed by atoms with Crippen molar-refractivity contribution in [3.63, 3.8) is 0 Å². The highest BCUT2D eigenvalue weighted by Gasteiger charge is 2.22. The van der Waals surface area contributed by atoms with Crippen molar-refractivity contribution in [3.05, 3.63) is 0 Å². The van der Waals surface area contributed by atoms with Gasteiger partial charge >= 0.3 is 0 Å². The van der Waals surface area contributed by atoms with Gasteiger partial charge < -0.3 is 14.0 Å². The van der Waals surface area contributed by atoms with E-state index in [2.05, 4.69) is 21.1 Å². The van der Waals surface area contributed by atoms with Crippen molar-refractivity contribution in [3.8, 4) is 0 Å². The van der Waals surface area contributed by atoms with Gasteiger partial charge in [-0.2, -0.15) is 0 Å². The third-order valence-corrected chi connectivity index (χ3v) is 1.44. The van der Waals surface area contributed by atoms with Gasteiger partial charge in [-0.3, -0.25) is 0 Å². The number of nitrogens with zero attached hydrogens (tertiary/aromatic N) is 1. The van der Waals surface area contributed by atoms with Crippen molar-refractivity contribution >= 4 is 0 Å². The minimum absolute atomic E-state index is 0.306. The van der Waals surface area contributed by atoms with Crippen LogP contribution in [0.1, 0.15) is 0 Å². The quantitative estimate of drug-likeness (QED) is 0.513. The molecule has 1 heterocycles. The highest BCUT2D eigenvalue weighted by atomic mass is 16.7. The van der Waals surface area contributed by atoms with Crippen LogP contribution in [-0.2, 0) is 9.47 Å². The van der Waals surface area contributed by atoms with E-state index in [9.17, 15) is 0 Å². The van der Waals surface area contributed by atoms with E-state index < -0.39 is 0 Å². The molecule has 0 spiro atoms. The van der Waals surface area contributed by atoms with Gasteiger partial charge in [0.2, 0.25) is 0 Å². The molecule has 3 nitrogen and oxygen atoms in total. The van der Waals surface area contributed by atoms with Gasteiger partial charge in [0.1, 0.15) is 19.4 Å². The molecule has 0 radical (unpaired) electrons. The molecule has 0 aromatic carbocycles. The molecule has 1 fully saturated rings. The molecule has 0 unspecified atom stereocenters. The number of hydrogen-bond donors (Lipinski definition) is 0. The molecule has 10 heavy (non-hydrogen) atoms. The Hall–Kier alpha value is -0.120. The lowest BCUT2D eigenvalue weighted by Gasteiger charge is -2.25. The zero-order chi connectivity index (χ0) is 7.61. The molecule has 0 amide bonds. The Balaban J connectivity index is 2.24. The number of hydrogen-bond acceptors (Lipinski definition) is 2. The number of likely N-dealkylation sites (N-methyl/N-ethyl adjacent to an activating group) is 1. The van der Waals surface area contributed by atoms with E-state index in [0.29, 0.717) is 12.9 Å². The Bertz CT molecular complexity index is 103. The molecule has 0 aromatic heterocycles. The molecule has 0 saturated carbocycles. The number of rotatable bonds is 2. The molecular formula is C7H16NO2+. The average molecular weight is 146 g/mol. The SMILES string of the molecule is C[N+](C)(C)C[C@@H]1COCO1. The fourth-order valence-corrected chi connectivity index (χ4v) is 1.09. The van der Waals surface area contributed by atoms with Crippen molar-refractivity contribution < 1.29 is 14.0 Å². The van der Waals surface area contributed by atoms with Gasteiger partial charge in [-0.05, 0) is 0 Å². The lowest BCUT2D eigenvalue weighted by molar-refractivity contribution is -0.873. The molecule has 60 valence electrons. The van der Waals surface area contributed by atoms with Crippen molar-refractivity contribution in [2.75, 3.05) is 41.1 Å². The van der Waals surface area contributed by atoms with Crippen molar-refractivity contribution in [2.24, 2.45) is 0 Å². The molecular weight excluding hydrogens is 130 g/mol. The number of quaternary nitrogens is 1. The normalized spacial score (nSPS) is 27.3. The predicted molar refractivity (Wildman–Crippen MR) is 38.6 cm³/mol. The van der Waals surface area contributed by atoms with Crippen LogP contribution < -0.4 is 0 Å². The minimum Gasteiger partial charge on any atom is -0.352 e. The first-order chi connectivity index (χ1) is 4.58. The van der Waals surface area contributed by atoms with Gasteiger partial charge in [0.05, 0.1) is 27.7 Å². The van der Waals surface area contributed by atoms with Gasteiger partial charge in [0, 0.05) is 0 Å². The molecule has 1 atom stereocenters. The van der Waals surface area contributed by atoms with Crippen molar-refractivity contribution in [1.82, 2.24) is 0 Å². The second kappa shape index (κ2) is 2.86. The summed E-state index contributed by atoms with van der Waals surface area (Å²) in [4.78, 5) is 0. The molecule has 0 bridgehead atoms. The molecule has 1 saturated heterocycles. The molecule has 1 rings (SSSR count). The van der Waals surface area contributed by atoms with Gasteiger partial charge in [-0.15, -0.1) is 0 Å². The smallest absolute Gasteiger partial charge is 0.147 e. The van der Waals surface area contributed by atoms with Gasteiger partial charge in [-0.25, -0.2) is 0 Å². The number of ether oxygens (including phenoxy) is 2. The van der Waals surface area contributed by atoms with Gasteiger partial charge in [-0.1, -0.05) is 0 Å². The van der Waals surface area contributed by atoms with Crippen LogP contribution in [0.4, 0.5) is 0 Å². The maximum Gasteiger partial charge on any atom is 0.147 e. The third-order valence-electron chi connectivity index (χ3n) is 1.44. The topological polar surface area (TPSA) is 18.5 Å². The highest BCUT2D eigenvalue weighted by molar-refractivity contribution is 4.57. The van der Waals surface area contributed by atoms with Gasteiger partial charge in [0.15, 0.2) is 0 Å². The first kappa shape index (κ1) is 7.98. The van der Waals surface area contributed by atoms with Crippen LogP contribution >= 0.6 is 0 Å². The third kappa shape index (κ3) is 2.64. The standard InChI is InChI=1S/C7H16NO2/c1-8(2,3)4-7-5-9-6-10-7/h7H,4-6H2,1-3H3/q+1/t7-/m1/s1. The van der Waals surface area contributed by atoms with E-state index in [-0.39, 0.29) is 0 Å². The summed E-state index contributed by atoms with van der Waals surface area (Å²) in [5, 5.41) is 0. The molecule has 1 aliphatic rings. The van der Waals surface area contributed by atoms with Crippen LogP contribution in [0.5, 0.6) is 0 Å². The zero-order valence-corrected chi connectivity index (χ0v) is 6.96. The Kier molecular flexibility index (Phi) is 2.28. The van der Waals surface area contributed by atoms with E-state index in [0.717, 1.165) is 17.6 Å². The van der Waals surface area contributed by atoms with Crippen LogP contribution in [0, 0.1) is 0 Å². The van der Waals surface area contributed by atoms with E-state index in [4.69, 9.17) is 9.47 Å². The maximum atomic E-state index is 5.29. The summed E-state index contributed by atoms with van der Waals surface area (Å²) in [5.41, 5.74) is 0. The van der Waals surface area contributed by atoms with Crippen LogP contribution in [0.15, 0.2) is 0 Å². The second-order valence-electron chi connectivity index (χ2n) is 3.75. The highest BCUT2D eigenvalue weighted by Crippen LogP contribution is 2.06. The second-order valence-corrected chi connectivity index (χ2v) is 3.75. The van der Waals surface area contributed by atoms with E-state index in [1.54, 1.807) is 0 Å².